The quantitative estimate of drug-likeness (QED) is 0.644. The highest BCUT2D eigenvalue weighted by Crippen LogP contribution is 2.15. The number of benzene rings is 1. The summed E-state index contributed by atoms with van der Waals surface area (Å²) in [4.78, 5) is 0. The van der Waals surface area contributed by atoms with Crippen LogP contribution in [0.15, 0.2) is 40.9 Å². The molecule has 3 heteroatoms. The van der Waals surface area contributed by atoms with Gasteiger partial charge in [0, 0.05) is 10.2 Å². The lowest BCUT2D eigenvalue weighted by Gasteiger charge is -2.01. The van der Waals surface area contributed by atoms with Gasteiger partial charge in [0.1, 0.15) is 12.4 Å². The van der Waals surface area contributed by atoms with Gasteiger partial charge in [0.25, 0.3) is 0 Å². The fourth-order valence-electron chi connectivity index (χ4n) is 0.818. The molecule has 70 valence electrons. The zero-order valence-electron chi connectivity index (χ0n) is 7.11. The third-order valence-electron chi connectivity index (χ3n) is 1.43. The summed E-state index contributed by atoms with van der Waals surface area (Å²) in [6, 6.07) is 7.77. The number of hydrogen-bond acceptors (Lipinski definition) is 2. The van der Waals surface area contributed by atoms with Crippen molar-refractivity contribution in [1.29, 1.82) is 0 Å². The molecule has 0 heterocycles. The van der Waals surface area contributed by atoms with Crippen LogP contribution in [0.4, 0.5) is 0 Å². The lowest BCUT2D eigenvalue weighted by atomic mass is 10.3. The number of rotatable bonds is 4. The van der Waals surface area contributed by atoms with E-state index >= 15 is 0 Å². The van der Waals surface area contributed by atoms with Crippen molar-refractivity contribution in [2.24, 2.45) is 0 Å². The van der Waals surface area contributed by atoms with E-state index in [4.69, 9.17) is 4.74 Å². The van der Waals surface area contributed by atoms with E-state index in [0.717, 1.165) is 16.0 Å². The second-order valence-electron chi connectivity index (χ2n) is 2.42. The van der Waals surface area contributed by atoms with Gasteiger partial charge in [-0.15, -0.1) is 0 Å². The van der Waals surface area contributed by atoms with Crippen LogP contribution >= 0.6 is 28.6 Å². The molecule has 0 amide bonds. The molecule has 0 aliphatic carbocycles. The van der Waals surface area contributed by atoms with Crippen molar-refractivity contribution in [1.82, 2.24) is 0 Å². The van der Waals surface area contributed by atoms with Crippen LogP contribution in [0.3, 0.4) is 0 Å². The van der Waals surface area contributed by atoms with Crippen LogP contribution in [0.2, 0.25) is 0 Å². The van der Waals surface area contributed by atoms with Crippen LogP contribution in [0.25, 0.3) is 0 Å². The van der Waals surface area contributed by atoms with E-state index in [-0.39, 0.29) is 0 Å². The van der Waals surface area contributed by atoms with Gasteiger partial charge in [-0.05, 0) is 24.3 Å². The first-order chi connectivity index (χ1) is 6.33. The summed E-state index contributed by atoms with van der Waals surface area (Å²) in [6.45, 7) is 0.599. The molecule has 0 radical (unpaired) electrons. The first-order valence-corrected chi connectivity index (χ1v) is 5.39. The third kappa shape index (κ3) is 4.39. The molecular formula is C10H11BrOS. The average Bonchev–Trinajstić information content (AvgIpc) is 2.15. The monoisotopic (exact) mass is 258 g/mol. The highest BCUT2D eigenvalue weighted by Gasteiger charge is 1.90. The van der Waals surface area contributed by atoms with Crippen molar-refractivity contribution >= 4 is 28.6 Å². The summed E-state index contributed by atoms with van der Waals surface area (Å²) in [7, 11) is 0. The Morgan fingerprint density at radius 3 is 2.54 bits per heavy atom. The summed E-state index contributed by atoms with van der Waals surface area (Å²) in [6.07, 6.45) is 3.91. The predicted molar refractivity (Wildman–Crippen MR) is 62.6 cm³/mol. The van der Waals surface area contributed by atoms with Crippen LogP contribution in [-0.2, 0) is 0 Å². The molecule has 0 saturated heterocycles. The molecule has 0 fully saturated rings. The Morgan fingerprint density at radius 2 is 1.92 bits per heavy atom. The van der Waals surface area contributed by atoms with E-state index in [2.05, 4.69) is 28.6 Å². The smallest absolute Gasteiger partial charge is 0.119 e. The van der Waals surface area contributed by atoms with Gasteiger partial charge in [-0.25, -0.2) is 0 Å². The molecule has 0 N–H and O–H groups in total. The molecule has 0 aliphatic heterocycles. The number of thiol groups is 1. The van der Waals surface area contributed by atoms with E-state index in [1.165, 1.54) is 0 Å². The van der Waals surface area contributed by atoms with Gasteiger partial charge < -0.3 is 4.74 Å². The standard InChI is InChI=1S/C10H11BrOS/c11-9-3-5-10(6-4-9)12-7-1-2-8-13/h1-6,13H,7-8H2. The van der Waals surface area contributed by atoms with Gasteiger partial charge in [-0.1, -0.05) is 28.1 Å². The molecule has 0 spiro atoms. The lowest BCUT2D eigenvalue weighted by molar-refractivity contribution is 0.362. The van der Waals surface area contributed by atoms with Gasteiger partial charge >= 0.3 is 0 Å². The van der Waals surface area contributed by atoms with E-state index < -0.39 is 0 Å². The van der Waals surface area contributed by atoms with Gasteiger partial charge in [0.2, 0.25) is 0 Å². The van der Waals surface area contributed by atoms with Crippen LogP contribution in [-0.4, -0.2) is 12.4 Å². The van der Waals surface area contributed by atoms with Gasteiger partial charge in [0.15, 0.2) is 0 Å². The van der Waals surface area contributed by atoms with Crippen molar-refractivity contribution in [3.63, 3.8) is 0 Å². The highest BCUT2D eigenvalue weighted by atomic mass is 79.9. The number of halogens is 1. The maximum absolute atomic E-state index is 5.42. The van der Waals surface area contributed by atoms with E-state index in [1.54, 1.807) is 0 Å². The normalized spacial score (nSPS) is 10.6. The highest BCUT2D eigenvalue weighted by molar-refractivity contribution is 9.10. The Balaban J connectivity index is 2.37. The molecule has 0 bridgehead atoms. The van der Waals surface area contributed by atoms with E-state index in [0.29, 0.717) is 6.61 Å². The van der Waals surface area contributed by atoms with Crippen LogP contribution in [0, 0.1) is 0 Å². The fourth-order valence-corrected chi connectivity index (χ4v) is 1.23. The van der Waals surface area contributed by atoms with Crippen molar-refractivity contribution in [3.8, 4) is 5.75 Å². The molecular weight excluding hydrogens is 248 g/mol. The van der Waals surface area contributed by atoms with Crippen molar-refractivity contribution < 1.29 is 4.74 Å². The summed E-state index contributed by atoms with van der Waals surface area (Å²) in [5.74, 6) is 1.64. The summed E-state index contributed by atoms with van der Waals surface area (Å²) >= 11 is 7.40. The zero-order chi connectivity index (χ0) is 9.52. The topological polar surface area (TPSA) is 9.23 Å². The molecule has 0 aromatic heterocycles. The molecule has 1 aromatic rings. The first-order valence-electron chi connectivity index (χ1n) is 3.97. The first kappa shape index (κ1) is 10.7. The van der Waals surface area contributed by atoms with Gasteiger partial charge in [-0.2, -0.15) is 12.6 Å². The molecule has 13 heavy (non-hydrogen) atoms. The Labute approximate surface area is 92.3 Å². The predicted octanol–water partition coefficient (Wildman–Crippen LogP) is 3.31. The van der Waals surface area contributed by atoms with Gasteiger partial charge in [-0.3, -0.25) is 0 Å². The van der Waals surface area contributed by atoms with Crippen LogP contribution in [0.5, 0.6) is 5.75 Å². The van der Waals surface area contributed by atoms with Crippen LogP contribution < -0.4 is 4.74 Å². The summed E-state index contributed by atoms with van der Waals surface area (Å²) < 4.78 is 6.48. The van der Waals surface area contributed by atoms with Crippen molar-refractivity contribution in [3.05, 3.63) is 40.9 Å². The van der Waals surface area contributed by atoms with E-state index in [9.17, 15) is 0 Å². The second-order valence-corrected chi connectivity index (χ2v) is 3.70. The maximum Gasteiger partial charge on any atom is 0.119 e. The third-order valence-corrected chi connectivity index (χ3v) is 2.17. The molecule has 0 unspecified atom stereocenters. The number of hydrogen-bond donors (Lipinski definition) is 1. The molecule has 1 nitrogen and oxygen atoms in total. The minimum absolute atomic E-state index is 0.599. The summed E-state index contributed by atoms with van der Waals surface area (Å²) in [5, 5.41) is 0. The average molecular weight is 259 g/mol. The minimum Gasteiger partial charge on any atom is -0.490 e. The molecule has 0 aliphatic rings. The lowest BCUT2D eigenvalue weighted by Crippen LogP contribution is -1.92. The largest absolute Gasteiger partial charge is 0.490 e. The fraction of sp³-hybridized carbons (Fsp3) is 0.200. The molecule has 1 rings (SSSR count). The Hall–Kier alpha value is -0.410. The SMILES string of the molecule is SCC=CCOc1ccc(Br)cc1. The van der Waals surface area contributed by atoms with Crippen molar-refractivity contribution in [2.75, 3.05) is 12.4 Å². The Morgan fingerprint density at radius 1 is 1.23 bits per heavy atom. The molecule has 0 atom stereocenters. The Kier molecular flexibility index (Phi) is 5.01. The zero-order valence-corrected chi connectivity index (χ0v) is 9.59. The minimum atomic E-state index is 0.599. The molecule has 1 aromatic carbocycles. The summed E-state index contributed by atoms with van der Waals surface area (Å²) in [5.41, 5.74) is 0. The number of ether oxygens (including phenoxy) is 1. The van der Waals surface area contributed by atoms with Gasteiger partial charge in [0.05, 0.1) is 0 Å². The van der Waals surface area contributed by atoms with E-state index in [1.807, 2.05) is 36.4 Å². The second kappa shape index (κ2) is 6.11. The molecule has 0 saturated carbocycles. The van der Waals surface area contributed by atoms with Crippen molar-refractivity contribution in [2.45, 2.75) is 0 Å². The maximum atomic E-state index is 5.42. The van der Waals surface area contributed by atoms with Crippen LogP contribution in [0.1, 0.15) is 0 Å². The Bertz CT molecular complexity index is 269.